The van der Waals surface area contributed by atoms with E-state index in [2.05, 4.69) is 45.5 Å². The van der Waals surface area contributed by atoms with Crippen LogP contribution in [0.1, 0.15) is 69.9 Å². The minimum atomic E-state index is -0.916. The summed E-state index contributed by atoms with van der Waals surface area (Å²) in [5.74, 6) is 1.09. The summed E-state index contributed by atoms with van der Waals surface area (Å²) < 4.78 is 22.7. The van der Waals surface area contributed by atoms with Crippen molar-refractivity contribution < 1.29 is 33.3 Å². The first-order chi connectivity index (χ1) is 36.8. The van der Waals surface area contributed by atoms with Crippen LogP contribution in [-0.2, 0) is 14.3 Å². The Morgan fingerprint density at radius 2 is 1.13 bits per heavy atom. The quantitative estimate of drug-likeness (QED) is 0.0400. The fourth-order valence-electron chi connectivity index (χ4n) is 9.97. The van der Waals surface area contributed by atoms with E-state index in [0.29, 0.717) is 86.4 Å². The Hall–Kier alpha value is -7.55. The number of aromatic nitrogens is 2. The lowest BCUT2D eigenvalue weighted by atomic mass is 9.98. The molecule has 4 N–H and O–H groups in total. The number of benzene rings is 6. The zero-order valence-electron chi connectivity index (χ0n) is 43.4. The van der Waals surface area contributed by atoms with Crippen LogP contribution in [0.15, 0.2) is 121 Å². The van der Waals surface area contributed by atoms with Gasteiger partial charge in [-0.3, -0.25) is 4.79 Å². The van der Waals surface area contributed by atoms with Crippen molar-refractivity contribution in [2.45, 2.75) is 70.4 Å². The van der Waals surface area contributed by atoms with E-state index in [-0.39, 0.29) is 18.4 Å². The molecule has 16 heteroatoms. The molecule has 1 aliphatic rings. The molecule has 0 fully saturated rings. The summed E-state index contributed by atoms with van der Waals surface area (Å²) in [7, 11) is 3.26. The zero-order chi connectivity index (χ0) is 53.3. The van der Waals surface area contributed by atoms with Gasteiger partial charge >= 0.3 is 12.2 Å². The summed E-state index contributed by atoms with van der Waals surface area (Å²) in [5.41, 5.74) is 8.60. The van der Waals surface area contributed by atoms with Crippen molar-refractivity contribution in [1.29, 1.82) is 0 Å². The number of anilines is 2. The molecule has 3 amide bonds. The Morgan fingerprint density at radius 3 is 1.64 bits per heavy atom. The third-order valence-electron chi connectivity index (χ3n) is 13.5. The van der Waals surface area contributed by atoms with Gasteiger partial charge in [0, 0.05) is 70.2 Å². The molecule has 6 aromatic carbocycles. The van der Waals surface area contributed by atoms with Crippen LogP contribution in [-0.4, -0.2) is 98.2 Å². The maximum absolute atomic E-state index is 15.0. The van der Waals surface area contributed by atoms with Gasteiger partial charge < -0.3 is 45.1 Å². The molecule has 76 heavy (non-hydrogen) atoms. The van der Waals surface area contributed by atoms with E-state index in [1.807, 2.05) is 102 Å². The third-order valence-corrected chi connectivity index (χ3v) is 14.0. The summed E-state index contributed by atoms with van der Waals surface area (Å²) in [6, 6.07) is 38.3. The molecule has 14 nitrogen and oxygen atoms in total. The van der Waals surface area contributed by atoms with Crippen molar-refractivity contribution in [1.82, 2.24) is 25.5 Å². The Labute approximate surface area is 452 Å². The van der Waals surface area contributed by atoms with Crippen molar-refractivity contribution in [3.05, 3.63) is 142 Å². The number of amides is 3. The SMILES string of the molecule is COc1ccc2nc3cc(Cl)ccc3c(NCCCN(CCCNc3c4ccc(Cl)cc4nc4ccc(OC)cc34)C(=O)[C@H](CCCCNC(=O)OCC3c4ccccc4-c4ccccc43)NC(=O)OC(C)(C)C)c2c1. The molecule has 9 rings (SSSR count). The van der Waals surface area contributed by atoms with Gasteiger partial charge in [-0.25, -0.2) is 19.6 Å². The first-order valence-corrected chi connectivity index (χ1v) is 26.5. The predicted molar refractivity (Wildman–Crippen MR) is 304 cm³/mol. The summed E-state index contributed by atoms with van der Waals surface area (Å²) >= 11 is 12.9. The maximum atomic E-state index is 15.0. The first kappa shape index (κ1) is 53.3. The smallest absolute Gasteiger partial charge is 0.408 e. The molecule has 2 aromatic heterocycles. The van der Waals surface area contributed by atoms with Crippen LogP contribution in [0, 0.1) is 0 Å². The molecule has 0 bridgehead atoms. The van der Waals surface area contributed by atoms with Crippen molar-refractivity contribution in [3.8, 4) is 22.6 Å². The molecule has 0 saturated carbocycles. The minimum Gasteiger partial charge on any atom is -0.497 e. The molecular formula is C60H63Cl2N7O7. The number of hydrogen-bond donors (Lipinski definition) is 4. The number of halogens is 2. The largest absolute Gasteiger partial charge is 0.497 e. The highest BCUT2D eigenvalue weighted by molar-refractivity contribution is 6.32. The number of rotatable bonds is 21. The lowest BCUT2D eigenvalue weighted by molar-refractivity contribution is -0.133. The summed E-state index contributed by atoms with van der Waals surface area (Å²) in [6.45, 7) is 7.61. The maximum Gasteiger partial charge on any atom is 0.408 e. The Kier molecular flexibility index (Phi) is 16.8. The van der Waals surface area contributed by atoms with Crippen LogP contribution in [0.3, 0.4) is 0 Å². The van der Waals surface area contributed by atoms with E-state index in [1.54, 1.807) is 35.0 Å². The van der Waals surface area contributed by atoms with E-state index < -0.39 is 23.8 Å². The number of carbonyl (C=O) groups excluding carboxylic acids is 3. The molecule has 394 valence electrons. The van der Waals surface area contributed by atoms with Gasteiger partial charge in [-0.15, -0.1) is 0 Å². The van der Waals surface area contributed by atoms with E-state index in [4.69, 9.17) is 52.1 Å². The molecule has 0 saturated heterocycles. The predicted octanol–water partition coefficient (Wildman–Crippen LogP) is 13.1. The van der Waals surface area contributed by atoms with Crippen LogP contribution in [0.5, 0.6) is 11.5 Å². The van der Waals surface area contributed by atoms with Gasteiger partial charge in [0.05, 0.1) is 47.7 Å². The van der Waals surface area contributed by atoms with E-state index in [9.17, 15) is 14.4 Å². The van der Waals surface area contributed by atoms with E-state index in [0.717, 1.165) is 77.2 Å². The van der Waals surface area contributed by atoms with Gasteiger partial charge in [-0.1, -0.05) is 71.7 Å². The second kappa shape index (κ2) is 24.0. The van der Waals surface area contributed by atoms with E-state index >= 15 is 0 Å². The highest BCUT2D eigenvalue weighted by Crippen LogP contribution is 2.44. The molecule has 0 unspecified atom stereocenters. The first-order valence-electron chi connectivity index (χ1n) is 25.8. The van der Waals surface area contributed by atoms with E-state index in [1.165, 1.54) is 0 Å². The van der Waals surface area contributed by atoms with Gasteiger partial charge in [0.2, 0.25) is 5.91 Å². The molecule has 2 heterocycles. The van der Waals surface area contributed by atoms with Crippen LogP contribution >= 0.6 is 23.2 Å². The van der Waals surface area contributed by atoms with Gasteiger partial charge in [0.15, 0.2) is 0 Å². The second-order valence-electron chi connectivity index (χ2n) is 19.9. The Balaban J connectivity index is 0.900. The lowest BCUT2D eigenvalue weighted by Gasteiger charge is -2.29. The van der Waals surface area contributed by atoms with Crippen molar-refractivity contribution in [2.24, 2.45) is 0 Å². The van der Waals surface area contributed by atoms with Crippen LogP contribution in [0.25, 0.3) is 54.7 Å². The fourth-order valence-corrected chi connectivity index (χ4v) is 10.3. The average Bonchev–Trinajstić information content (AvgIpc) is 3.73. The summed E-state index contributed by atoms with van der Waals surface area (Å²) in [5, 5.41) is 17.9. The standard InChI is InChI=1S/C60H63Cl2N7O7/c1-60(2,3)76-59(72)68-52(18-10-11-27-65-58(71)75-36-49-43-16-8-6-14-41(43)42-15-7-9-17-44(42)49)57(70)69(30-12-28-63-55-45-23-19-37(61)32-53(45)66-50-25-21-39(73-4)34-47(50)55)31-13-29-64-56-46-24-20-38(62)33-54(46)67-51-26-22-40(74-5)35-48(51)56/h6-9,14-17,19-26,32-35,49,52H,10-13,18,27-31,36H2,1-5H3,(H,63,66)(H,64,67)(H,65,71)(H,68,72)/t52-/m0/s1. The van der Waals surface area contributed by atoms with Crippen molar-refractivity contribution in [2.75, 3.05) is 64.2 Å². The van der Waals surface area contributed by atoms with Gasteiger partial charge in [0.25, 0.3) is 0 Å². The van der Waals surface area contributed by atoms with Crippen LogP contribution < -0.4 is 30.7 Å². The number of pyridine rings is 2. The van der Waals surface area contributed by atoms with Crippen molar-refractivity contribution in [3.63, 3.8) is 0 Å². The number of methoxy groups -OCH3 is 2. The topological polar surface area (TPSA) is 165 Å². The highest BCUT2D eigenvalue weighted by Gasteiger charge is 2.30. The summed E-state index contributed by atoms with van der Waals surface area (Å²) in [4.78, 5) is 53.1. The lowest BCUT2D eigenvalue weighted by Crippen LogP contribution is -2.50. The van der Waals surface area contributed by atoms with Gasteiger partial charge in [0.1, 0.15) is 29.7 Å². The molecule has 0 aliphatic heterocycles. The normalized spacial score (nSPS) is 12.5. The molecule has 1 atom stereocenters. The number of nitrogens with zero attached hydrogens (tertiary/aromatic N) is 3. The zero-order valence-corrected chi connectivity index (χ0v) is 44.9. The Morgan fingerprint density at radius 1 is 0.605 bits per heavy atom. The number of ether oxygens (including phenoxy) is 4. The monoisotopic (exact) mass is 1060 g/mol. The highest BCUT2D eigenvalue weighted by atomic mass is 35.5. The van der Waals surface area contributed by atoms with Crippen LogP contribution in [0.2, 0.25) is 10.0 Å². The van der Waals surface area contributed by atoms with Crippen LogP contribution in [0.4, 0.5) is 21.0 Å². The number of fused-ring (bicyclic) bond motifs is 7. The number of unbranched alkanes of at least 4 members (excludes halogenated alkanes) is 1. The number of carbonyl (C=O) groups is 3. The number of hydrogen-bond acceptors (Lipinski definition) is 11. The minimum absolute atomic E-state index is 0.0587. The Bertz CT molecular complexity index is 3240. The number of alkyl carbamates (subject to hydrolysis) is 2. The van der Waals surface area contributed by atoms with Crippen molar-refractivity contribution >= 4 is 96.3 Å². The molecule has 0 radical (unpaired) electrons. The molecule has 8 aromatic rings. The molecule has 1 aliphatic carbocycles. The third kappa shape index (κ3) is 12.6. The van der Waals surface area contributed by atoms with Gasteiger partial charge in [-0.2, -0.15) is 0 Å². The summed E-state index contributed by atoms with van der Waals surface area (Å²) in [6.07, 6.45) is 1.27. The second-order valence-corrected chi connectivity index (χ2v) is 20.8. The fraction of sp³-hybridized carbons (Fsp3) is 0.317. The average molecular weight is 1070 g/mol. The molecule has 0 spiro atoms. The van der Waals surface area contributed by atoms with Gasteiger partial charge in [-0.05, 0) is 148 Å². The molecular weight excluding hydrogens is 1000 g/mol. The number of nitrogens with one attached hydrogen (secondary N) is 4.